The van der Waals surface area contributed by atoms with Gasteiger partial charge in [0.25, 0.3) is 0 Å². The van der Waals surface area contributed by atoms with E-state index in [1.54, 1.807) is 18.0 Å². The zero-order valence-electron chi connectivity index (χ0n) is 11.8. The van der Waals surface area contributed by atoms with Crippen molar-refractivity contribution in [2.24, 2.45) is 0 Å². The van der Waals surface area contributed by atoms with Crippen LogP contribution < -0.4 is 10.2 Å². The van der Waals surface area contributed by atoms with E-state index in [-0.39, 0.29) is 6.17 Å². The predicted molar refractivity (Wildman–Crippen MR) is 85.7 cm³/mol. The molecule has 0 radical (unpaired) electrons. The van der Waals surface area contributed by atoms with Crippen molar-refractivity contribution in [1.82, 2.24) is 20.2 Å². The average molecular weight is 314 g/mol. The first-order valence-corrected chi connectivity index (χ1v) is 8.12. The van der Waals surface area contributed by atoms with Gasteiger partial charge in [-0.05, 0) is 13.3 Å². The van der Waals surface area contributed by atoms with Gasteiger partial charge >= 0.3 is 0 Å². The molecule has 1 atom stereocenters. The van der Waals surface area contributed by atoms with Crippen LogP contribution in [0.15, 0.2) is 23.7 Å². The molecule has 1 fully saturated rings. The molecule has 0 amide bonds. The Labute approximate surface area is 129 Å². The summed E-state index contributed by atoms with van der Waals surface area (Å²) in [5.74, 6) is 0.683. The Kier molecular flexibility index (Phi) is 5.65. The number of hydrogen-bond acceptors (Lipinski definition) is 6. The van der Waals surface area contributed by atoms with Gasteiger partial charge in [-0.25, -0.2) is 4.98 Å². The lowest BCUT2D eigenvalue weighted by Gasteiger charge is -2.40. The van der Waals surface area contributed by atoms with Gasteiger partial charge in [0.15, 0.2) is 0 Å². The van der Waals surface area contributed by atoms with Crippen LogP contribution in [0.4, 0.5) is 5.95 Å². The summed E-state index contributed by atoms with van der Waals surface area (Å²) in [4.78, 5) is 14.2. The normalized spacial score (nSPS) is 20.1. The SMILES string of the molecule is C=CCNC1CN(C)CCN1c1ncc(SC)c(Cl)n1. The van der Waals surface area contributed by atoms with Crippen LogP contribution in [-0.2, 0) is 0 Å². The van der Waals surface area contributed by atoms with E-state index in [2.05, 4.69) is 38.7 Å². The number of aromatic nitrogens is 2. The largest absolute Gasteiger partial charge is 0.323 e. The molecule has 1 aliphatic heterocycles. The maximum Gasteiger partial charge on any atom is 0.228 e. The monoisotopic (exact) mass is 313 g/mol. The van der Waals surface area contributed by atoms with Crippen molar-refractivity contribution < 1.29 is 0 Å². The molecule has 5 nitrogen and oxygen atoms in total. The highest BCUT2D eigenvalue weighted by atomic mass is 35.5. The molecule has 1 aromatic heterocycles. The first-order valence-electron chi connectivity index (χ1n) is 6.51. The molecule has 110 valence electrons. The number of halogens is 1. The van der Waals surface area contributed by atoms with Gasteiger partial charge in [0.1, 0.15) is 5.15 Å². The number of nitrogens with one attached hydrogen (secondary N) is 1. The van der Waals surface area contributed by atoms with Gasteiger partial charge < -0.3 is 9.80 Å². The van der Waals surface area contributed by atoms with E-state index >= 15 is 0 Å². The van der Waals surface area contributed by atoms with E-state index in [9.17, 15) is 0 Å². The van der Waals surface area contributed by atoms with Crippen molar-refractivity contribution in [2.75, 3.05) is 44.4 Å². The Balaban J connectivity index is 2.18. The molecule has 1 N–H and O–H groups in total. The molecule has 1 aliphatic rings. The first-order chi connectivity index (χ1) is 9.65. The summed E-state index contributed by atoms with van der Waals surface area (Å²) in [6.07, 6.45) is 5.78. The maximum absolute atomic E-state index is 6.18. The molecule has 2 rings (SSSR count). The highest BCUT2D eigenvalue weighted by molar-refractivity contribution is 7.98. The molecule has 0 aromatic carbocycles. The Hall–Kier alpha value is -0.820. The fourth-order valence-electron chi connectivity index (χ4n) is 2.17. The number of rotatable bonds is 5. The van der Waals surface area contributed by atoms with Gasteiger partial charge in [-0.1, -0.05) is 17.7 Å². The highest BCUT2D eigenvalue weighted by Crippen LogP contribution is 2.25. The summed E-state index contributed by atoms with van der Waals surface area (Å²) in [6, 6.07) is 0. The lowest BCUT2D eigenvalue weighted by molar-refractivity contribution is 0.246. The molecule has 1 aromatic rings. The van der Waals surface area contributed by atoms with Crippen molar-refractivity contribution in [3.63, 3.8) is 0 Å². The van der Waals surface area contributed by atoms with E-state index in [1.165, 1.54) is 0 Å². The third-order valence-corrected chi connectivity index (χ3v) is 4.40. The summed E-state index contributed by atoms with van der Waals surface area (Å²) in [5, 5.41) is 3.95. The lowest BCUT2D eigenvalue weighted by Crippen LogP contribution is -2.58. The Morgan fingerprint density at radius 3 is 3.05 bits per heavy atom. The van der Waals surface area contributed by atoms with E-state index in [0.717, 1.165) is 31.1 Å². The first kappa shape index (κ1) is 15.6. The van der Waals surface area contributed by atoms with Crippen molar-refractivity contribution >= 4 is 29.3 Å². The van der Waals surface area contributed by atoms with Crippen molar-refractivity contribution in [1.29, 1.82) is 0 Å². The summed E-state index contributed by atoms with van der Waals surface area (Å²) >= 11 is 7.74. The average Bonchev–Trinajstić information content (AvgIpc) is 2.45. The van der Waals surface area contributed by atoms with Crippen LogP contribution >= 0.6 is 23.4 Å². The summed E-state index contributed by atoms with van der Waals surface area (Å²) in [6.45, 7) is 7.28. The third-order valence-electron chi connectivity index (χ3n) is 3.26. The van der Waals surface area contributed by atoms with E-state index in [4.69, 9.17) is 11.6 Å². The molecule has 2 heterocycles. The van der Waals surface area contributed by atoms with Crippen LogP contribution in [0.25, 0.3) is 0 Å². The number of nitrogens with zero attached hydrogens (tertiary/aromatic N) is 4. The fourth-order valence-corrected chi connectivity index (χ4v) is 2.90. The van der Waals surface area contributed by atoms with Crippen LogP contribution in [0.3, 0.4) is 0 Å². The number of piperazine rings is 1. The minimum Gasteiger partial charge on any atom is -0.323 e. The zero-order valence-corrected chi connectivity index (χ0v) is 13.4. The van der Waals surface area contributed by atoms with Crippen molar-refractivity contribution in [3.05, 3.63) is 24.0 Å². The van der Waals surface area contributed by atoms with Crippen LogP contribution in [0.2, 0.25) is 5.15 Å². The summed E-state index contributed by atoms with van der Waals surface area (Å²) < 4.78 is 0. The Morgan fingerprint density at radius 1 is 1.60 bits per heavy atom. The topological polar surface area (TPSA) is 44.3 Å². The standard InChI is InChI=1S/C13H20ClN5S/c1-4-5-15-11-9-18(2)6-7-19(11)13-16-8-10(20-3)12(14)17-13/h4,8,11,15H,1,5-7,9H2,2-3H3. The van der Waals surface area contributed by atoms with Crippen LogP contribution in [0, 0.1) is 0 Å². The predicted octanol–water partition coefficient (Wildman–Crippen LogP) is 1.71. The molecule has 7 heteroatoms. The van der Waals surface area contributed by atoms with E-state index in [0.29, 0.717) is 11.1 Å². The van der Waals surface area contributed by atoms with Gasteiger partial charge in [0.05, 0.1) is 11.1 Å². The zero-order chi connectivity index (χ0) is 14.5. The number of likely N-dealkylation sites (N-methyl/N-ethyl adjacent to an activating group) is 1. The maximum atomic E-state index is 6.18. The molecule has 0 spiro atoms. The number of anilines is 1. The molecule has 0 aliphatic carbocycles. The smallest absolute Gasteiger partial charge is 0.228 e. The third kappa shape index (κ3) is 3.63. The number of hydrogen-bond donors (Lipinski definition) is 1. The second-order valence-corrected chi connectivity index (χ2v) is 5.90. The molecule has 1 unspecified atom stereocenters. The quantitative estimate of drug-likeness (QED) is 0.507. The fraction of sp³-hybridized carbons (Fsp3) is 0.538. The Morgan fingerprint density at radius 2 is 2.40 bits per heavy atom. The summed E-state index contributed by atoms with van der Waals surface area (Å²) in [5.41, 5.74) is 0. The van der Waals surface area contributed by atoms with Gasteiger partial charge in [0, 0.05) is 32.4 Å². The van der Waals surface area contributed by atoms with E-state index < -0.39 is 0 Å². The van der Waals surface area contributed by atoms with Gasteiger partial charge in [0.2, 0.25) is 5.95 Å². The molecular weight excluding hydrogens is 294 g/mol. The van der Waals surface area contributed by atoms with Crippen LogP contribution in [-0.4, -0.2) is 60.5 Å². The lowest BCUT2D eigenvalue weighted by atomic mass is 10.3. The second-order valence-electron chi connectivity index (χ2n) is 4.70. The van der Waals surface area contributed by atoms with Crippen LogP contribution in [0.1, 0.15) is 0 Å². The summed E-state index contributed by atoms with van der Waals surface area (Å²) in [7, 11) is 2.12. The van der Waals surface area contributed by atoms with Gasteiger partial charge in [-0.3, -0.25) is 5.32 Å². The highest BCUT2D eigenvalue weighted by Gasteiger charge is 2.26. The molecule has 0 bridgehead atoms. The van der Waals surface area contributed by atoms with Crippen molar-refractivity contribution in [2.45, 2.75) is 11.1 Å². The van der Waals surface area contributed by atoms with Gasteiger partial charge in [-0.15, -0.1) is 18.3 Å². The second kappa shape index (κ2) is 7.26. The molecule has 0 saturated carbocycles. The minimum atomic E-state index is 0.169. The van der Waals surface area contributed by atoms with Gasteiger partial charge in [-0.2, -0.15) is 4.98 Å². The van der Waals surface area contributed by atoms with E-state index in [1.807, 2.05) is 12.3 Å². The molecular formula is C13H20ClN5S. The number of thioether (sulfide) groups is 1. The van der Waals surface area contributed by atoms with Crippen molar-refractivity contribution in [3.8, 4) is 0 Å². The molecule has 1 saturated heterocycles. The minimum absolute atomic E-state index is 0.169. The van der Waals surface area contributed by atoms with Crippen LogP contribution in [0.5, 0.6) is 0 Å². The Bertz CT molecular complexity index is 470. The molecule has 20 heavy (non-hydrogen) atoms.